The minimum atomic E-state index is -0.627. The van der Waals surface area contributed by atoms with E-state index in [1.807, 2.05) is 12.1 Å². The van der Waals surface area contributed by atoms with Crippen molar-refractivity contribution in [1.29, 1.82) is 0 Å². The Bertz CT molecular complexity index is 1090. The van der Waals surface area contributed by atoms with Gasteiger partial charge in [0, 0.05) is 26.2 Å². The van der Waals surface area contributed by atoms with Crippen molar-refractivity contribution in [2.24, 2.45) is 5.73 Å². The molecule has 0 fully saturated rings. The van der Waals surface area contributed by atoms with E-state index in [2.05, 4.69) is 0 Å². The Morgan fingerprint density at radius 1 is 1.13 bits per heavy atom. The number of nitrogens with two attached hydrogens (primary N) is 1. The molecule has 0 bridgehead atoms. The molecule has 158 valence electrons. The highest BCUT2D eigenvalue weighted by atomic mass is 35.5. The molecule has 1 aromatic heterocycles. The Balaban J connectivity index is 2.06. The van der Waals surface area contributed by atoms with Crippen LogP contribution in [0, 0.1) is 0 Å². The summed E-state index contributed by atoms with van der Waals surface area (Å²) in [5.41, 5.74) is 6.18. The molecule has 1 amide bonds. The fraction of sp³-hybridized carbons (Fsp3) is 0.238. The molecule has 0 unspecified atom stereocenters. The predicted molar refractivity (Wildman–Crippen MR) is 115 cm³/mol. The number of hydrogen-bond donors (Lipinski definition) is 1. The van der Waals surface area contributed by atoms with Crippen LogP contribution in [0.4, 0.5) is 0 Å². The van der Waals surface area contributed by atoms with Gasteiger partial charge in [-0.3, -0.25) is 4.79 Å². The average molecular weight is 450 g/mol. The maximum atomic E-state index is 12.5. The standard InChI is InChI=1S/C21H20ClNO6S/c1-4-28-21(25)19-12(17-13(22)6-5-7-16(17)30-19)10-29-18-14(26-2)8-11(20(23)24)9-15(18)27-3/h5-9H,4,10H2,1-3H3,(H2,23,24). The van der Waals surface area contributed by atoms with Gasteiger partial charge in [0.1, 0.15) is 11.5 Å². The zero-order valence-corrected chi connectivity index (χ0v) is 18.2. The highest BCUT2D eigenvalue weighted by molar-refractivity contribution is 7.21. The number of carbonyl (C=O) groups is 2. The van der Waals surface area contributed by atoms with Crippen LogP contribution in [0.25, 0.3) is 10.1 Å². The lowest BCUT2D eigenvalue weighted by atomic mass is 10.1. The number of carbonyl (C=O) groups excluding carboxylic acids is 2. The van der Waals surface area contributed by atoms with Gasteiger partial charge in [0.25, 0.3) is 0 Å². The van der Waals surface area contributed by atoms with Crippen molar-refractivity contribution in [3.05, 3.63) is 51.4 Å². The molecule has 3 rings (SSSR count). The number of esters is 1. The fourth-order valence-electron chi connectivity index (χ4n) is 2.98. The predicted octanol–water partition coefficient (Wildman–Crippen LogP) is 4.43. The third-order valence-electron chi connectivity index (χ3n) is 4.33. The quantitative estimate of drug-likeness (QED) is 0.511. The first-order valence-electron chi connectivity index (χ1n) is 8.96. The molecular weight excluding hydrogens is 430 g/mol. The summed E-state index contributed by atoms with van der Waals surface area (Å²) in [6, 6.07) is 8.37. The largest absolute Gasteiger partial charge is 0.493 e. The molecule has 30 heavy (non-hydrogen) atoms. The molecule has 0 radical (unpaired) electrons. The maximum absolute atomic E-state index is 12.5. The monoisotopic (exact) mass is 449 g/mol. The second-order valence-corrected chi connectivity index (χ2v) is 7.57. The van der Waals surface area contributed by atoms with E-state index in [9.17, 15) is 9.59 Å². The lowest BCUT2D eigenvalue weighted by Gasteiger charge is -2.16. The zero-order valence-electron chi connectivity index (χ0n) is 16.6. The summed E-state index contributed by atoms with van der Waals surface area (Å²) >= 11 is 7.69. The van der Waals surface area contributed by atoms with Crippen LogP contribution >= 0.6 is 22.9 Å². The Hall–Kier alpha value is -2.97. The third kappa shape index (κ3) is 4.15. The second-order valence-electron chi connectivity index (χ2n) is 6.11. The Morgan fingerprint density at radius 2 is 1.80 bits per heavy atom. The summed E-state index contributed by atoms with van der Waals surface area (Å²) in [7, 11) is 2.88. The number of rotatable bonds is 8. The van der Waals surface area contributed by atoms with Crippen LogP contribution in [0.5, 0.6) is 17.2 Å². The number of benzene rings is 2. The van der Waals surface area contributed by atoms with Crippen molar-refractivity contribution >= 4 is 44.9 Å². The number of thiophene rings is 1. The molecule has 9 heteroatoms. The Labute approximate surface area is 182 Å². The van der Waals surface area contributed by atoms with Gasteiger partial charge in [-0.1, -0.05) is 17.7 Å². The molecule has 0 saturated carbocycles. The van der Waals surface area contributed by atoms with Crippen LogP contribution in [0.15, 0.2) is 30.3 Å². The fourth-order valence-corrected chi connectivity index (χ4v) is 4.45. The molecule has 3 aromatic rings. The number of fused-ring (bicyclic) bond motifs is 1. The van der Waals surface area contributed by atoms with Gasteiger partial charge < -0.3 is 24.7 Å². The lowest BCUT2D eigenvalue weighted by Crippen LogP contribution is -2.12. The van der Waals surface area contributed by atoms with E-state index in [1.165, 1.54) is 37.7 Å². The first kappa shape index (κ1) is 21.7. The molecule has 7 nitrogen and oxygen atoms in total. The SMILES string of the molecule is CCOC(=O)c1sc2cccc(Cl)c2c1COc1c(OC)cc(C(N)=O)cc1OC. The average Bonchev–Trinajstić information content (AvgIpc) is 3.11. The first-order valence-corrected chi connectivity index (χ1v) is 10.2. The van der Waals surface area contributed by atoms with Crippen molar-refractivity contribution in [1.82, 2.24) is 0 Å². The molecular formula is C21H20ClNO6S. The number of amides is 1. The number of ether oxygens (including phenoxy) is 4. The lowest BCUT2D eigenvalue weighted by molar-refractivity contribution is 0.0529. The minimum Gasteiger partial charge on any atom is -0.493 e. The van der Waals surface area contributed by atoms with E-state index < -0.39 is 11.9 Å². The topological polar surface area (TPSA) is 97.1 Å². The Morgan fingerprint density at radius 3 is 2.37 bits per heavy atom. The van der Waals surface area contributed by atoms with Crippen molar-refractivity contribution < 1.29 is 28.5 Å². The van der Waals surface area contributed by atoms with Crippen molar-refractivity contribution in [3.8, 4) is 17.2 Å². The third-order valence-corrected chi connectivity index (χ3v) is 5.82. The van der Waals surface area contributed by atoms with Crippen LogP contribution in [-0.4, -0.2) is 32.7 Å². The van der Waals surface area contributed by atoms with Gasteiger partial charge in [0.2, 0.25) is 11.7 Å². The summed E-state index contributed by atoms with van der Waals surface area (Å²) in [5, 5.41) is 1.22. The van der Waals surface area contributed by atoms with E-state index in [0.29, 0.717) is 15.5 Å². The highest BCUT2D eigenvalue weighted by Gasteiger charge is 2.23. The molecule has 0 saturated heterocycles. The second kappa shape index (κ2) is 9.23. The van der Waals surface area contributed by atoms with Crippen molar-refractivity contribution in [2.75, 3.05) is 20.8 Å². The van der Waals surface area contributed by atoms with Crippen LogP contribution in [-0.2, 0) is 11.3 Å². The van der Waals surface area contributed by atoms with Gasteiger partial charge >= 0.3 is 5.97 Å². The van der Waals surface area contributed by atoms with E-state index in [4.69, 9.17) is 36.3 Å². The summed E-state index contributed by atoms with van der Waals surface area (Å²) < 4.78 is 22.7. The van der Waals surface area contributed by atoms with Crippen LogP contribution in [0.1, 0.15) is 32.5 Å². The van der Waals surface area contributed by atoms with Gasteiger partial charge in [0.15, 0.2) is 11.5 Å². The van der Waals surface area contributed by atoms with Crippen molar-refractivity contribution in [2.45, 2.75) is 13.5 Å². The van der Waals surface area contributed by atoms with E-state index in [1.54, 1.807) is 13.0 Å². The zero-order chi connectivity index (χ0) is 21.8. The van der Waals surface area contributed by atoms with E-state index in [-0.39, 0.29) is 36.0 Å². The smallest absolute Gasteiger partial charge is 0.348 e. The normalized spacial score (nSPS) is 10.7. The first-order chi connectivity index (χ1) is 14.4. The molecule has 0 aliphatic carbocycles. The summed E-state index contributed by atoms with van der Waals surface area (Å²) in [4.78, 5) is 24.5. The van der Waals surface area contributed by atoms with Crippen LogP contribution in [0.3, 0.4) is 0 Å². The molecule has 0 atom stereocenters. The maximum Gasteiger partial charge on any atom is 0.348 e. The molecule has 1 heterocycles. The number of hydrogen-bond acceptors (Lipinski definition) is 7. The highest BCUT2D eigenvalue weighted by Crippen LogP contribution is 2.41. The van der Waals surface area contributed by atoms with Gasteiger partial charge in [-0.25, -0.2) is 4.79 Å². The summed E-state index contributed by atoms with van der Waals surface area (Å²) in [6.07, 6.45) is 0. The van der Waals surface area contributed by atoms with Gasteiger partial charge in [-0.2, -0.15) is 0 Å². The number of halogens is 1. The van der Waals surface area contributed by atoms with E-state index in [0.717, 1.165) is 10.1 Å². The Kier molecular flexibility index (Phi) is 6.69. The van der Waals surface area contributed by atoms with Gasteiger partial charge in [0.05, 0.1) is 20.8 Å². The molecule has 2 aromatic carbocycles. The van der Waals surface area contributed by atoms with Crippen LogP contribution < -0.4 is 19.9 Å². The summed E-state index contributed by atoms with van der Waals surface area (Å²) in [6.45, 7) is 1.99. The molecule has 0 aliphatic rings. The van der Waals surface area contributed by atoms with Gasteiger partial charge in [-0.05, 0) is 31.2 Å². The molecule has 2 N–H and O–H groups in total. The summed E-state index contributed by atoms with van der Waals surface area (Å²) in [5.74, 6) is -0.265. The minimum absolute atomic E-state index is 0.000515. The number of methoxy groups -OCH3 is 2. The van der Waals surface area contributed by atoms with Gasteiger partial charge in [-0.15, -0.1) is 11.3 Å². The van der Waals surface area contributed by atoms with Crippen LogP contribution in [0.2, 0.25) is 5.02 Å². The molecule has 0 spiro atoms. The number of primary amides is 1. The molecule has 0 aliphatic heterocycles. The van der Waals surface area contributed by atoms with E-state index >= 15 is 0 Å². The van der Waals surface area contributed by atoms with Crippen molar-refractivity contribution in [3.63, 3.8) is 0 Å².